The molecule has 6 heteroatoms. The third-order valence-electron chi connectivity index (χ3n) is 2.78. The monoisotopic (exact) mass is 273 g/mol. The van der Waals surface area contributed by atoms with E-state index in [9.17, 15) is 9.18 Å². The van der Waals surface area contributed by atoms with Gasteiger partial charge in [0.05, 0.1) is 6.54 Å². The molecule has 18 heavy (non-hydrogen) atoms. The largest absolute Gasteiger partial charge is 0.326 e. The van der Waals surface area contributed by atoms with E-state index in [-0.39, 0.29) is 30.2 Å². The molecule has 1 aromatic carbocycles. The highest BCUT2D eigenvalue weighted by molar-refractivity contribution is 5.92. The molecule has 1 fully saturated rings. The molecule has 100 valence electrons. The van der Waals surface area contributed by atoms with Crippen molar-refractivity contribution in [2.75, 3.05) is 25.0 Å². The molecule has 0 bridgehead atoms. The molecule has 4 nitrogen and oxygen atoms in total. The van der Waals surface area contributed by atoms with Gasteiger partial charge in [-0.15, -0.1) is 12.4 Å². The molecule has 1 aromatic rings. The average molecular weight is 274 g/mol. The summed E-state index contributed by atoms with van der Waals surface area (Å²) in [6.45, 7) is 1.90. The Bertz CT molecular complexity index is 416. The minimum Gasteiger partial charge on any atom is -0.326 e. The van der Waals surface area contributed by atoms with Crippen LogP contribution in [0.1, 0.15) is 6.42 Å². The maximum absolute atomic E-state index is 12.9. The van der Waals surface area contributed by atoms with Crippen molar-refractivity contribution in [2.45, 2.75) is 12.5 Å². The first-order valence-corrected chi connectivity index (χ1v) is 5.67. The first kappa shape index (κ1) is 14.9. The van der Waals surface area contributed by atoms with E-state index in [1.54, 1.807) is 12.1 Å². The minimum absolute atomic E-state index is 0. The zero-order chi connectivity index (χ0) is 12.3. The Morgan fingerprint density at radius 1 is 1.56 bits per heavy atom. The van der Waals surface area contributed by atoms with Gasteiger partial charge in [0.2, 0.25) is 5.91 Å². The highest BCUT2D eigenvalue weighted by Gasteiger charge is 2.20. The van der Waals surface area contributed by atoms with Crippen molar-refractivity contribution in [3.05, 3.63) is 30.1 Å². The van der Waals surface area contributed by atoms with Gasteiger partial charge in [0.25, 0.3) is 0 Å². The van der Waals surface area contributed by atoms with E-state index in [0.717, 1.165) is 19.5 Å². The summed E-state index contributed by atoms with van der Waals surface area (Å²) >= 11 is 0. The third-order valence-corrected chi connectivity index (χ3v) is 2.78. The van der Waals surface area contributed by atoms with Gasteiger partial charge >= 0.3 is 0 Å². The summed E-state index contributed by atoms with van der Waals surface area (Å²) in [5.74, 6) is -0.490. The van der Waals surface area contributed by atoms with Gasteiger partial charge in [-0.25, -0.2) is 4.39 Å². The van der Waals surface area contributed by atoms with Crippen LogP contribution >= 0.6 is 12.4 Å². The molecule has 1 aliphatic rings. The van der Waals surface area contributed by atoms with E-state index in [1.807, 2.05) is 4.90 Å². The van der Waals surface area contributed by atoms with Crippen molar-refractivity contribution >= 4 is 24.0 Å². The quantitative estimate of drug-likeness (QED) is 0.871. The second kappa shape index (κ2) is 6.68. The highest BCUT2D eigenvalue weighted by atomic mass is 35.5. The number of hydrogen-bond acceptors (Lipinski definition) is 3. The number of amides is 1. The molecule has 1 atom stereocenters. The number of hydrogen-bond donors (Lipinski definition) is 2. The number of halogens is 2. The normalized spacial score (nSPS) is 19.3. The summed E-state index contributed by atoms with van der Waals surface area (Å²) in [6, 6.07) is 6.04. The summed E-state index contributed by atoms with van der Waals surface area (Å²) in [5.41, 5.74) is 6.24. The fourth-order valence-corrected chi connectivity index (χ4v) is 1.98. The van der Waals surface area contributed by atoms with Crippen LogP contribution in [0.15, 0.2) is 24.3 Å². The van der Waals surface area contributed by atoms with Gasteiger partial charge in [-0.1, -0.05) is 6.07 Å². The van der Waals surface area contributed by atoms with Crippen LogP contribution < -0.4 is 11.1 Å². The van der Waals surface area contributed by atoms with Crippen molar-refractivity contribution in [3.8, 4) is 0 Å². The molecule has 0 radical (unpaired) electrons. The molecule has 1 unspecified atom stereocenters. The lowest BCUT2D eigenvalue weighted by Crippen LogP contribution is -2.33. The maximum atomic E-state index is 12.9. The molecule has 0 spiro atoms. The molecule has 1 amide bonds. The second-order valence-electron chi connectivity index (χ2n) is 4.34. The minimum atomic E-state index is -0.356. The van der Waals surface area contributed by atoms with Crippen LogP contribution in [0.25, 0.3) is 0 Å². The second-order valence-corrected chi connectivity index (χ2v) is 4.34. The number of nitrogens with one attached hydrogen (secondary N) is 1. The Kier molecular flexibility index (Phi) is 5.53. The fourth-order valence-electron chi connectivity index (χ4n) is 1.98. The van der Waals surface area contributed by atoms with Crippen LogP contribution in [-0.4, -0.2) is 36.5 Å². The number of anilines is 1. The number of likely N-dealkylation sites (tertiary alicyclic amines) is 1. The molecule has 1 saturated heterocycles. The molecule has 2 rings (SSSR count). The van der Waals surface area contributed by atoms with E-state index in [1.165, 1.54) is 12.1 Å². The molecule has 1 heterocycles. The van der Waals surface area contributed by atoms with Crippen LogP contribution in [-0.2, 0) is 4.79 Å². The van der Waals surface area contributed by atoms with Gasteiger partial charge in [0.15, 0.2) is 0 Å². The SMILES string of the molecule is Cl.NC1CCN(CC(=O)Nc2cccc(F)c2)C1. The summed E-state index contributed by atoms with van der Waals surface area (Å²) in [7, 11) is 0. The Morgan fingerprint density at radius 3 is 2.94 bits per heavy atom. The van der Waals surface area contributed by atoms with Gasteiger partial charge < -0.3 is 11.1 Å². The fraction of sp³-hybridized carbons (Fsp3) is 0.417. The van der Waals surface area contributed by atoms with Crippen LogP contribution in [0.3, 0.4) is 0 Å². The van der Waals surface area contributed by atoms with Crippen LogP contribution in [0.2, 0.25) is 0 Å². The molecule has 0 aromatic heterocycles. The Labute approximate surface area is 112 Å². The lowest BCUT2D eigenvalue weighted by Gasteiger charge is -2.14. The van der Waals surface area contributed by atoms with Gasteiger partial charge in [0, 0.05) is 24.8 Å². The van der Waals surface area contributed by atoms with Crippen molar-refractivity contribution in [1.29, 1.82) is 0 Å². The molecule has 1 aliphatic heterocycles. The summed E-state index contributed by atoms with van der Waals surface area (Å²) in [4.78, 5) is 13.7. The van der Waals surface area contributed by atoms with Crippen LogP contribution in [0, 0.1) is 5.82 Å². The Hall–Kier alpha value is -1.17. The lowest BCUT2D eigenvalue weighted by atomic mass is 10.3. The van der Waals surface area contributed by atoms with E-state index >= 15 is 0 Å². The van der Waals surface area contributed by atoms with Crippen molar-refractivity contribution in [1.82, 2.24) is 4.90 Å². The van der Waals surface area contributed by atoms with E-state index in [4.69, 9.17) is 5.73 Å². The van der Waals surface area contributed by atoms with Gasteiger partial charge in [-0.05, 0) is 24.6 Å². The standard InChI is InChI=1S/C12H16FN3O.ClH/c13-9-2-1-3-11(6-9)15-12(17)8-16-5-4-10(14)7-16;/h1-3,6,10H,4-5,7-8,14H2,(H,15,17);1H. The summed E-state index contributed by atoms with van der Waals surface area (Å²) in [5, 5.41) is 2.66. The topological polar surface area (TPSA) is 58.4 Å². The van der Waals surface area contributed by atoms with Gasteiger partial charge in [0.1, 0.15) is 5.82 Å². The molecule has 0 aliphatic carbocycles. The predicted octanol–water partition coefficient (Wildman–Crippen LogP) is 1.22. The highest BCUT2D eigenvalue weighted by Crippen LogP contribution is 2.10. The van der Waals surface area contributed by atoms with E-state index in [0.29, 0.717) is 12.2 Å². The van der Waals surface area contributed by atoms with Crippen molar-refractivity contribution < 1.29 is 9.18 Å². The van der Waals surface area contributed by atoms with Crippen molar-refractivity contribution in [2.24, 2.45) is 5.73 Å². The number of carbonyl (C=O) groups excluding carboxylic acids is 1. The summed E-state index contributed by atoms with van der Waals surface area (Å²) < 4.78 is 12.9. The molecule has 0 saturated carbocycles. The first-order chi connectivity index (χ1) is 8.13. The number of benzene rings is 1. The number of nitrogens with zero attached hydrogens (tertiary/aromatic N) is 1. The third kappa shape index (κ3) is 4.25. The first-order valence-electron chi connectivity index (χ1n) is 5.67. The van der Waals surface area contributed by atoms with Crippen molar-refractivity contribution in [3.63, 3.8) is 0 Å². The van der Waals surface area contributed by atoms with Gasteiger partial charge in [-0.3, -0.25) is 9.69 Å². The van der Waals surface area contributed by atoms with Crippen LogP contribution in [0.4, 0.5) is 10.1 Å². The molecule has 3 N–H and O–H groups in total. The van der Waals surface area contributed by atoms with E-state index < -0.39 is 0 Å². The maximum Gasteiger partial charge on any atom is 0.238 e. The lowest BCUT2D eigenvalue weighted by molar-refractivity contribution is -0.117. The number of rotatable bonds is 3. The summed E-state index contributed by atoms with van der Waals surface area (Å²) in [6.07, 6.45) is 0.924. The zero-order valence-electron chi connectivity index (χ0n) is 9.93. The number of carbonyl (C=O) groups is 1. The zero-order valence-corrected chi connectivity index (χ0v) is 10.8. The van der Waals surface area contributed by atoms with E-state index in [2.05, 4.69) is 5.32 Å². The molecular formula is C12H17ClFN3O. The number of nitrogens with two attached hydrogens (primary N) is 1. The Morgan fingerprint density at radius 2 is 2.33 bits per heavy atom. The molecular weight excluding hydrogens is 257 g/mol. The smallest absolute Gasteiger partial charge is 0.238 e. The Balaban J connectivity index is 0.00000162. The predicted molar refractivity (Wildman–Crippen MR) is 71.3 cm³/mol. The average Bonchev–Trinajstić information content (AvgIpc) is 2.63. The van der Waals surface area contributed by atoms with Gasteiger partial charge in [-0.2, -0.15) is 0 Å². The van der Waals surface area contributed by atoms with Crippen LogP contribution in [0.5, 0.6) is 0 Å².